The predicted molar refractivity (Wildman–Crippen MR) is 134 cm³/mol. The lowest BCUT2D eigenvalue weighted by Gasteiger charge is -2.37. The molecule has 2 heterocycles. The number of ether oxygens (including phenoxy) is 1. The van der Waals surface area contributed by atoms with Crippen molar-refractivity contribution in [3.05, 3.63) is 112 Å². The van der Waals surface area contributed by atoms with Crippen LogP contribution in [-0.2, 0) is 0 Å². The first-order valence-corrected chi connectivity index (χ1v) is 11.8. The lowest BCUT2D eigenvalue weighted by molar-refractivity contribution is -0.00459. The maximum absolute atomic E-state index is 13.5. The average Bonchev–Trinajstić information content (AvgIpc) is 3.29. The van der Waals surface area contributed by atoms with E-state index in [1.807, 2.05) is 60.5 Å². The van der Waals surface area contributed by atoms with E-state index in [0.29, 0.717) is 12.0 Å². The summed E-state index contributed by atoms with van der Waals surface area (Å²) < 4.78 is 7.23. The molecule has 4 nitrogen and oxygen atoms in total. The number of benzene rings is 4. The Bertz CT molecular complexity index is 1430. The molecular formula is C28H21BrN2O2. The Morgan fingerprint density at radius 1 is 0.970 bits per heavy atom. The number of hydrogen-bond donors (Lipinski definition) is 0. The van der Waals surface area contributed by atoms with Crippen molar-refractivity contribution >= 4 is 38.2 Å². The molecule has 0 fully saturated rings. The van der Waals surface area contributed by atoms with Crippen LogP contribution in [0.15, 0.2) is 94.5 Å². The molecule has 4 aromatic carbocycles. The summed E-state index contributed by atoms with van der Waals surface area (Å²) >= 11 is 3.58. The molecule has 0 aromatic heterocycles. The van der Waals surface area contributed by atoms with Crippen molar-refractivity contribution in [2.45, 2.75) is 25.6 Å². The number of fused-ring (bicyclic) bond motifs is 4. The van der Waals surface area contributed by atoms with E-state index in [2.05, 4.69) is 52.3 Å². The van der Waals surface area contributed by atoms with E-state index in [1.54, 1.807) is 0 Å². The first-order chi connectivity index (χ1) is 16.1. The van der Waals surface area contributed by atoms with Crippen LogP contribution in [0.2, 0.25) is 0 Å². The second kappa shape index (κ2) is 7.85. The van der Waals surface area contributed by atoms with Gasteiger partial charge in [0.15, 0.2) is 0 Å². The molecule has 33 heavy (non-hydrogen) atoms. The summed E-state index contributed by atoms with van der Waals surface area (Å²) in [6.07, 6.45) is -0.0904. The Morgan fingerprint density at radius 2 is 1.76 bits per heavy atom. The quantitative estimate of drug-likeness (QED) is 0.297. The third-order valence-corrected chi connectivity index (χ3v) is 6.89. The highest BCUT2D eigenvalue weighted by Gasteiger charge is 2.43. The van der Waals surface area contributed by atoms with Crippen LogP contribution in [0.25, 0.3) is 10.8 Å². The number of carbonyl (C=O) groups excluding carboxylic acids is 1. The maximum atomic E-state index is 13.5. The summed E-state index contributed by atoms with van der Waals surface area (Å²) in [6, 6.07) is 28.2. The molecule has 0 aliphatic carbocycles. The van der Waals surface area contributed by atoms with Crippen LogP contribution in [-0.4, -0.2) is 22.7 Å². The van der Waals surface area contributed by atoms with Gasteiger partial charge in [-0.05, 0) is 47.5 Å². The fraction of sp³-hybridized carbons (Fsp3) is 0.143. The van der Waals surface area contributed by atoms with Crippen LogP contribution in [0.1, 0.15) is 39.5 Å². The molecule has 5 heteroatoms. The van der Waals surface area contributed by atoms with E-state index < -0.39 is 6.23 Å². The number of nitrogens with zero attached hydrogens (tertiary/aromatic N) is 2. The van der Waals surface area contributed by atoms with Gasteiger partial charge in [-0.1, -0.05) is 82.2 Å². The third kappa shape index (κ3) is 3.53. The molecule has 0 amide bonds. The van der Waals surface area contributed by atoms with E-state index in [4.69, 9.17) is 9.84 Å². The standard InChI is InChI=1S/C28H21BrN2O2/c1-17-6-8-19(9-7-17)27(32)28-31-25(23-15-22(29)12-13-26(23)33-28)16-24(30-31)21-11-10-18-4-2-3-5-20(18)14-21/h2-15,25,28H,16H2,1H3/t25-,28-/m0/s1. The Hall–Kier alpha value is -3.44. The number of ketones is 1. The highest BCUT2D eigenvalue weighted by atomic mass is 79.9. The lowest BCUT2D eigenvalue weighted by atomic mass is 9.95. The van der Waals surface area contributed by atoms with Gasteiger partial charge in [0.25, 0.3) is 6.23 Å². The van der Waals surface area contributed by atoms with Crippen molar-refractivity contribution in [1.82, 2.24) is 5.01 Å². The first-order valence-electron chi connectivity index (χ1n) is 11.0. The minimum absolute atomic E-state index is 0.0629. The highest BCUT2D eigenvalue weighted by molar-refractivity contribution is 9.10. The molecule has 0 saturated heterocycles. The second-order valence-corrected chi connectivity index (χ2v) is 9.51. The zero-order chi connectivity index (χ0) is 22.5. The Kier molecular flexibility index (Phi) is 4.80. The average molecular weight is 497 g/mol. The van der Waals surface area contributed by atoms with Crippen LogP contribution >= 0.6 is 15.9 Å². The Labute approximate surface area is 200 Å². The number of Topliss-reactive ketones (excluding diaryl/α,β-unsaturated/α-hetero) is 1. The minimum Gasteiger partial charge on any atom is -0.461 e. The molecule has 0 unspecified atom stereocenters. The normalized spacial score (nSPS) is 19.0. The zero-order valence-electron chi connectivity index (χ0n) is 18.0. The molecule has 0 spiro atoms. The fourth-order valence-electron chi connectivity index (χ4n) is 4.63. The van der Waals surface area contributed by atoms with E-state index in [-0.39, 0.29) is 11.8 Å². The molecule has 0 N–H and O–H groups in total. The van der Waals surface area contributed by atoms with Crippen molar-refractivity contribution in [2.75, 3.05) is 0 Å². The summed E-state index contributed by atoms with van der Waals surface area (Å²) in [4.78, 5) is 13.5. The van der Waals surface area contributed by atoms with Crippen molar-refractivity contribution in [2.24, 2.45) is 5.10 Å². The molecular weight excluding hydrogens is 476 g/mol. The van der Waals surface area contributed by atoms with Gasteiger partial charge in [0.1, 0.15) is 5.75 Å². The number of hydrogen-bond acceptors (Lipinski definition) is 4. The van der Waals surface area contributed by atoms with Gasteiger partial charge < -0.3 is 4.74 Å². The SMILES string of the molecule is Cc1ccc(C(=O)[C@@H]2Oc3ccc(Br)cc3[C@@H]3CC(c4ccc5ccccc5c4)=NN23)cc1. The van der Waals surface area contributed by atoms with Gasteiger partial charge in [-0.15, -0.1) is 0 Å². The molecule has 2 atom stereocenters. The van der Waals surface area contributed by atoms with Crippen LogP contribution in [0, 0.1) is 6.92 Å². The lowest BCUT2D eigenvalue weighted by Crippen LogP contribution is -2.45. The topological polar surface area (TPSA) is 41.9 Å². The van der Waals surface area contributed by atoms with Crippen LogP contribution in [0.3, 0.4) is 0 Å². The largest absolute Gasteiger partial charge is 0.461 e. The van der Waals surface area contributed by atoms with E-state index in [1.165, 1.54) is 10.8 Å². The number of halogens is 1. The highest BCUT2D eigenvalue weighted by Crippen LogP contribution is 2.44. The summed E-state index contributed by atoms with van der Waals surface area (Å²) in [7, 11) is 0. The first kappa shape index (κ1) is 20.2. The summed E-state index contributed by atoms with van der Waals surface area (Å²) in [6.45, 7) is 2.01. The predicted octanol–water partition coefficient (Wildman–Crippen LogP) is 6.66. The molecule has 4 aromatic rings. The van der Waals surface area contributed by atoms with Gasteiger partial charge in [0.2, 0.25) is 5.78 Å². The molecule has 162 valence electrons. The van der Waals surface area contributed by atoms with Crippen molar-refractivity contribution in [3.8, 4) is 5.75 Å². The third-order valence-electron chi connectivity index (χ3n) is 6.39. The van der Waals surface area contributed by atoms with Crippen molar-refractivity contribution < 1.29 is 9.53 Å². The van der Waals surface area contributed by atoms with Gasteiger partial charge >= 0.3 is 0 Å². The minimum atomic E-state index is -0.802. The molecule has 0 bridgehead atoms. The van der Waals surface area contributed by atoms with E-state index in [9.17, 15) is 4.79 Å². The summed E-state index contributed by atoms with van der Waals surface area (Å²) in [5.74, 6) is 0.650. The van der Waals surface area contributed by atoms with Gasteiger partial charge in [-0.3, -0.25) is 4.79 Å². The van der Waals surface area contributed by atoms with Crippen LogP contribution in [0.4, 0.5) is 0 Å². The molecule has 0 radical (unpaired) electrons. The maximum Gasteiger partial charge on any atom is 0.251 e. The molecule has 0 saturated carbocycles. The number of carbonyl (C=O) groups is 1. The monoisotopic (exact) mass is 496 g/mol. The van der Waals surface area contributed by atoms with E-state index in [0.717, 1.165) is 32.6 Å². The van der Waals surface area contributed by atoms with Gasteiger partial charge in [-0.25, -0.2) is 5.01 Å². The van der Waals surface area contributed by atoms with E-state index >= 15 is 0 Å². The zero-order valence-corrected chi connectivity index (χ0v) is 19.6. The number of aryl methyl sites for hydroxylation is 1. The molecule has 2 aliphatic heterocycles. The van der Waals surface area contributed by atoms with Crippen LogP contribution < -0.4 is 4.74 Å². The second-order valence-electron chi connectivity index (χ2n) is 8.59. The molecule has 2 aliphatic rings. The molecule has 6 rings (SSSR count). The van der Waals surface area contributed by atoms with Gasteiger partial charge in [0, 0.05) is 22.0 Å². The van der Waals surface area contributed by atoms with Crippen LogP contribution in [0.5, 0.6) is 5.75 Å². The number of rotatable bonds is 3. The van der Waals surface area contributed by atoms with Gasteiger partial charge in [-0.2, -0.15) is 5.10 Å². The Morgan fingerprint density at radius 3 is 2.58 bits per heavy atom. The Balaban J connectivity index is 1.43. The van der Waals surface area contributed by atoms with Crippen molar-refractivity contribution in [3.63, 3.8) is 0 Å². The summed E-state index contributed by atoms with van der Waals surface area (Å²) in [5.41, 5.74) is 4.81. The van der Waals surface area contributed by atoms with Gasteiger partial charge in [0.05, 0.1) is 11.8 Å². The smallest absolute Gasteiger partial charge is 0.251 e. The van der Waals surface area contributed by atoms with Crippen molar-refractivity contribution in [1.29, 1.82) is 0 Å². The number of hydrazone groups is 1. The summed E-state index contributed by atoms with van der Waals surface area (Å²) in [5, 5.41) is 9.17. The fourth-order valence-corrected chi connectivity index (χ4v) is 5.01.